The second kappa shape index (κ2) is 12.7. The van der Waals surface area contributed by atoms with Gasteiger partial charge in [-0.3, -0.25) is 0 Å². The second-order valence-electron chi connectivity index (χ2n) is 13.1. The van der Waals surface area contributed by atoms with Gasteiger partial charge in [-0.05, 0) is 97.3 Å². The van der Waals surface area contributed by atoms with Crippen molar-refractivity contribution in [1.29, 1.82) is 0 Å². The minimum atomic E-state index is 0.864. The molecule has 0 unspecified atom stereocenters. The van der Waals surface area contributed by atoms with Crippen LogP contribution in [0, 0.1) is 13.8 Å². The minimum absolute atomic E-state index is 0.864. The maximum absolute atomic E-state index is 6.84. The smallest absolute Gasteiger partial charge is 0.143 e. The van der Waals surface area contributed by atoms with Gasteiger partial charge in [0.1, 0.15) is 11.2 Å². The van der Waals surface area contributed by atoms with Gasteiger partial charge in [0.2, 0.25) is 0 Å². The fraction of sp³-hybridized carbons (Fsp3) is 0.0417. The van der Waals surface area contributed by atoms with Crippen LogP contribution in [0.25, 0.3) is 43.8 Å². The summed E-state index contributed by atoms with van der Waals surface area (Å²) in [6.45, 7) is 4.35. The zero-order chi connectivity index (χ0) is 34.3. The lowest BCUT2D eigenvalue weighted by molar-refractivity contribution is 0.673. The van der Waals surface area contributed by atoms with Crippen LogP contribution in [0.1, 0.15) is 11.1 Å². The van der Waals surface area contributed by atoms with Gasteiger partial charge in [0, 0.05) is 49.9 Å². The van der Waals surface area contributed by atoms with Gasteiger partial charge in [-0.2, -0.15) is 0 Å². The van der Waals surface area contributed by atoms with Gasteiger partial charge in [-0.1, -0.05) is 115 Å². The van der Waals surface area contributed by atoms with Crippen LogP contribution in [0.15, 0.2) is 186 Å². The number of hydrogen-bond acceptors (Lipinski definition) is 3. The summed E-state index contributed by atoms with van der Waals surface area (Å²) in [4.78, 5) is 4.73. The van der Waals surface area contributed by atoms with Crippen LogP contribution in [0.4, 0.5) is 34.1 Å². The number of furan rings is 1. The Bertz CT molecular complexity index is 2620. The molecule has 0 bridgehead atoms. The third kappa shape index (κ3) is 5.31. The van der Waals surface area contributed by atoms with Crippen LogP contribution in [-0.2, 0) is 0 Å². The Labute approximate surface area is 298 Å². The van der Waals surface area contributed by atoms with E-state index in [9.17, 15) is 0 Å². The third-order valence-electron chi connectivity index (χ3n) is 9.95. The van der Waals surface area contributed by atoms with E-state index in [1.807, 2.05) is 0 Å². The molecule has 0 amide bonds. The van der Waals surface area contributed by atoms with Crippen molar-refractivity contribution in [2.45, 2.75) is 13.8 Å². The quantitative estimate of drug-likeness (QED) is 0.170. The van der Waals surface area contributed by atoms with E-state index >= 15 is 0 Å². The van der Waals surface area contributed by atoms with Crippen molar-refractivity contribution in [2.75, 3.05) is 9.80 Å². The number of anilines is 6. The van der Waals surface area contributed by atoms with Crippen LogP contribution < -0.4 is 9.80 Å². The fourth-order valence-electron chi connectivity index (χ4n) is 7.39. The molecular weight excluding hydrogens is 621 g/mol. The molecule has 0 aliphatic rings. The molecule has 51 heavy (non-hydrogen) atoms. The number of para-hydroxylation sites is 4. The van der Waals surface area contributed by atoms with Gasteiger partial charge in [-0.25, -0.2) is 0 Å². The zero-order valence-corrected chi connectivity index (χ0v) is 28.6. The third-order valence-corrected chi connectivity index (χ3v) is 9.95. The fourth-order valence-corrected chi connectivity index (χ4v) is 7.39. The Hall–Kier alpha value is -6.58. The molecule has 8 aromatic carbocycles. The van der Waals surface area contributed by atoms with E-state index in [-0.39, 0.29) is 0 Å². The SMILES string of the molecule is Cc1ccc(N(c2ccccc2)c2ccccc2-c2cccc3oc4c5ccccc5c(N(c5ccccc5)c5ccccc5)cc4c23)cc1C. The van der Waals surface area contributed by atoms with E-state index in [1.54, 1.807) is 0 Å². The molecule has 9 rings (SSSR count). The first kappa shape index (κ1) is 30.5. The van der Waals surface area contributed by atoms with Crippen LogP contribution in [0.3, 0.4) is 0 Å². The molecule has 0 spiro atoms. The summed E-state index contributed by atoms with van der Waals surface area (Å²) >= 11 is 0. The molecule has 0 saturated carbocycles. The summed E-state index contributed by atoms with van der Waals surface area (Å²) in [5.74, 6) is 0. The zero-order valence-electron chi connectivity index (χ0n) is 28.6. The molecule has 0 radical (unpaired) electrons. The first-order chi connectivity index (χ1) is 25.2. The molecule has 0 atom stereocenters. The average Bonchev–Trinajstić information content (AvgIpc) is 3.57. The molecule has 0 fully saturated rings. The molecule has 1 heterocycles. The number of benzene rings is 8. The van der Waals surface area contributed by atoms with Crippen LogP contribution >= 0.6 is 0 Å². The summed E-state index contributed by atoms with van der Waals surface area (Å²) in [5, 5.41) is 4.39. The van der Waals surface area contributed by atoms with Crippen molar-refractivity contribution in [2.24, 2.45) is 0 Å². The van der Waals surface area contributed by atoms with Gasteiger partial charge >= 0.3 is 0 Å². The molecule has 0 saturated heterocycles. The molecule has 0 aliphatic heterocycles. The monoisotopic (exact) mass is 656 g/mol. The highest BCUT2D eigenvalue weighted by Gasteiger charge is 2.23. The standard InChI is InChI=1S/C48H36N2O/c1-33-29-30-38(31-34(33)2)50(37-21-10-5-11-22-37)44-27-15-14-23-39(44)41-26-16-28-46-47(41)43-32-45(40-24-12-13-25-42(40)48(43)51-46)49(35-17-6-3-7-18-35)36-19-8-4-9-20-36/h3-32H,1-2H3. The van der Waals surface area contributed by atoms with E-state index in [0.717, 1.165) is 78.0 Å². The summed E-state index contributed by atoms with van der Waals surface area (Å²) in [6, 6.07) is 64.7. The van der Waals surface area contributed by atoms with Crippen molar-refractivity contribution in [1.82, 2.24) is 0 Å². The molecule has 3 nitrogen and oxygen atoms in total. The van der Waals surface area contributed by atoms with E-state index in [4.69, 9.17) is 4.42 Å². The largest absolute Gasteiger partial charge is 0.455 e. The van der Waals surface area contributed by atoms with Crippen molar-refractivity contribution in [3.63, 3.8) is 0 Å². The average molecular weight is 657 g/mol. The molecular formula is C48H36N2O. The summed E-state index contributed by atoms with van der Waals surface area (Å²) in [7, 11) is 0. The molecule has 0 N–H and O–H groups in total. The van der Waals surface area contributed by atoms with E-state index < -0.39 is 0 Å². The highest BCUT2D eigenvalue weighted by Crippen LogP contribution is 2.48. The molecule has 1 aromatic heterocycles. The Morgan fingerprint density at radius 3 is 1.57 bits per heavy atom. The van der Waals surface area contributed by atoms with Crippen LogP contribution in [0.5, 0.6) is 0 Å². The lowest BCUT2D eigenvalue weighted by atomic mass is 9.95. The van der Waals surface area contributed by atoms with E-state index in [1.165, 1.54) is 11.1 Å². The summed E-state index contributed by atoms with van der Waals surface area (Å²) < 4.78 is 6.84. The van der Waals surface area contributed by atoms with Crippen molar-refractivity contribution >= 4 is 66.8 Å². The Kier molecular flexibility index (Phi) is 7.59. The summed E-state index contributed by atoms with van der Waals surface area (Å²) in [5.41, 5.74) is 13.2. The number of hydrogen-bond donors (Lipinski definition) is 0. The molecule has 9 aromatic rings. The maximum atomic E-state index is 6.84. The topological polar surface area (TPSA) is 19.6 Å². The van der Waals surface area contributed by atoms with E-state index in [0.29, 0.717) is 0 Å². The molecule has 3 heteroatoms. The van der Waals surface area contributed by atoms with Gasteiger partial charge < -0.3 is 14.2 Å². The maximum Gasteiger partial charge on any atom is 0.143 e. The molecule has 244 valence electrons. The number of rotatable bonds is 7. The van der Waals surface area contributed by atoms with Gasteiger partial charge in [0.05, 0.1) is 11.4 Å². The first-order valence-electron chi connectivity index (χ1n) is 17.4. The Morgan fingerprint density at radius 2 is 0.922 bits per heavy atom. The van der Waals surface area contributed by atoms with Gasteiger partial charge in [0.15, 0.2) is 0 Å². The van der Waals surface area contributed by atoms with E-state index in [2.05, 4.69) is 206 Å². The normalized spacial score (nSPS) is 11.3. The van der Waals surface area contributed by atoms with Crippen molar-refractivity contribution < 1.29 is 4.42 Å². The number of nitrogens with zero attached hydrogens (tertiary/aromatic N) is 2. The van der Waals surface area contributed by atoms with Crippen LogP contribution in [-0.4, -0.2) is 0 Å². The second-order valence-corrected chi connectivity index (χ2v) is 13.1. The highest BCUT2D eigenvalue weighted by atomic mass is 16.3. The van der Waals surface area contributed by atoms with Crippen molar-refractivity contribution in [3.05, 3.63) is 193 Å². The lowest BCUT2D eigenvalue weighted by Gasteiger charge is -2.28. The predicted octanol–water partition coefficient (Wildman–Crippen LogP) is 14.0. The molecule has 0 aliphatic carbocycles. The Morgan fingerprint density at radius 1 is 0.373 bits per heavy atom. The first-order valence-corrected chi connectivity index (χ1v) is 17.4. The van der Waals surface area contributed by atoms with Crippen molar-refractivity contribution in [3.8, 4) is 11.1 Å². The number of fused-ring (bicyclic) bond motifs is 5. The summed E-state index contributed by atoms with van der Waals surface area (Å²) in [6.07, 6.45) is 0. The highest BCUT2D eigenvalue weighted by molar-refractivity contribution is 6.23. The lowest BCUT2D eigenvalue weighted by Crippen LogP contribution is -2.11. The van der Waals surface area contributed by atoms with Gasteiger partial charge in [-0.15, -0.1) is 0 Å². The minimum Gasteiger partial charge on any atom is -0.455 e. The van der Waals surface area contributed by atoms with Crippen LogP contribution in [0.2, 0.25) is 0 Å². The predicted molar refractivity (Wildman–Crippen MR) is 216 cm³/mol. The number of aryl methyl sites for hydroxylation is 2. The van der Waals surface area contributed by atoms with Gasteiger partial charge in [0.25, 0.3) is 0 Å². The Balaban J connectivity index is 1.34.